The largest absolute Gasteiger partial charge is 0.323 e. The van der Waals surface area contributed by atoms with Crippen molar-refractivity contribution in [2.45, 2.75) is 6.54 Å². The molecule has 3 aromatic rings. The zero-order chi connectivity index (χ0) is 11.7. The molecule has 2 N–H and O–H groups in total. The number of fused-ring (bicyclic) bond motifs is 1. The van der Waals surface area contributed by atoms with Crippen LogP contribution in [0.15, 0.2) is 36.8 Å². The fourth-order valence-corrected chi connectivity index (χ4v) is 1.81. The van der Waals surface area contributed by atoms with Gasteiger partial charge in [0, 0.05) is 12.7 Å². The molecule has 0 atom stereocenters. The molecule has 0 saturated heterocycles. The molecule has 0 spiro atoms. The Balaban J connectivity index is 2.01. The zero-order valence-corrected chi connectivity index (χ0v) is 9.51. The van der Waals surface area contributed by atoms with Gasteiger partial charge in [-0.15, -0.1) is 0 Å². The lowest BCUT2D eigenvalue weighted by atomic mass is 10.3. The second-order valence-corrected chi connectivity index (χ2v) is 3.88. The van der Waals surface area contributed by atoms with Crippen LogP contribution in [0.1, 0.15) is 5.69 Å². The molecular formula is C12H13N5. The summed E-state index contributed by atoms with van der Waals surface area (Å²) in [5.41, 5.74) is 2.99. The maximum Gasteiger partial charge on any atom is 0.213 e. The van der Waals surface area contributed by atoms with Crippen LogP contribution in [-0.2, 0) is 6.54 Å². The lowest BCUT2D eigenvalue weighted by Gasteiger charge is -1.94. The highest BCUT2D eigenvalue weighted by atomic mass is 15.2. The third kappa shape index (κ3) is 1.81. The molecule has 0 bridgehead atoms. The Kier molecular flexibility index (Phi) is 2.38. The summed E-state index contributed by atoms with van der Waals surface area (Å²) in [7, 11) is 1.90. The van der Waals surface area contributed by atoms with Crippen molar-refractivity contribution in [3.05, 3.63) is 42.5 Å². The number of nitrogens with zero attached hydrogens (tertiary/aromatic N) is 3. The van der Waals surface area contributed by atoms with Gasteiger partial charge in [-0.05, 0) is 19.2 Å². The van der Waals surface area contributed by atoms with E-state index in [0.29, 0.717) is 0 Å². The first-order chi connectivity index (χ1) is 8.36. The lowest BCUT2D eigenvalue weighted by Crippen LogP contribution is -2.05. The standard InChI is InChI=1S/C12H13N5/c1-13-6-9-7-17(8-14-9)12-15-10-4-2-3-5-11(10)16-12/h2-5,7-8,13H,6H2,1H3,(H,15,16). The van der Waals surface area contributed by atoms with E-state index in [1.165, 1.54) is 0 Å². The van der Waals surface area contributed by atoms with Crippen LogP contribution in [0, 0.1) is 0 Å². The fourth-order valence-electron chi connectivity index (χ4n) is 1.81. The Labute approximate surface area is 98.5 Å². The van der Waals surface area contributed by atoms with Crippen LogP contribution in [-0.4, -0.2) is 26.6 Å². The van der Waals surface area contributed by atoms with Crippen LogP contribution in [0.2, 0.25) is 0 Å². The summed E-state index contributed by atoms with van der Waals surface area (Å²) < 4.78 is 1.90. The highest BCUT2D eigenvalue weighted by Gasteiger charge is 2.05. The number of hydrogen-bond acceptors (Lipinski definition) is 3. The van der Waals surface area contributed by atoms with E-state index in [-0.39, 0.29) is 0 Å². The van der Waals surface area contributed by atoms with E-state index in [0.717, 1.165) is 29.2 Å². The molecule has 5 nitrogen and oxygen atoms in total. The predicted molar refractivity (Wildman–Crippen MR) is 66.0 cm³/mol. The summed E-state index contributed by atoms with van der Waals surface area (Å²) >= 11 is 0. The molecule has 0 saturated carbocycles. The minimum absolute atomic E-state index is 0.757. The normalized spacial score (nSPS) is 11.1. The number of aromatic amines is 1. The van der Waals surface area contributed by atoms with Gasteiger partial charge in [0.15, 0.2) is 0 Å². The molecule has 0 fully saturated rings. The van der Waals surface area contributed by atoms with Crippen LogP contribution in [0.5, 0.6) is 0 Å². The van der Waals surface area contributed by atoms with Gasteiger partial charge in [0.05, 0.1) is 16.7 Å². The quantitative estimate of drug-likeness (QED) is 0.712. The molecule has 0 unspecified atom stereocenters. The Morgan fingerprint density at radius 2 is 2.24 bits per heavy atom. The van der Waals surface area contributed by atoms with E-state index in [1.807, 2.05) is 42.1 Å². The number of imidazole rings is 2. The third-order valence-electron chi connectivity index (χ3n) is 2.62. The predicted octanol–water partition coefficient (Wildman–Crippen LogP) is 1.47. The van der Waals surface area contributed by atoms with Crippen molar-refractivity contribution in [1.29, 1.82) is 0 Å². The Bertz CT molecular complexity index is 604. The number of para-hydroxylation sites is 2. The van der Waals surface area contributed by atoms with Crippen molar-refractivity contribution >= 4 is 11.0 Å². The summed E-state index contributed by atoms with van der Waals surface area (Å²) in [6, 6.07) is 7.97. The smallest absolute Gasteiger partial charge is 0.213 e. The average Bonchev–Trinajstić information content (AvgIpc) is 2.94. The molecule has 0 aliphatic rings. The highest BCUT2D eigenvalue weighted by molar-refractivity contribution is 5.75. The second kappa shape index (κ2) is 4.03. The summed E-state index contributed by atoms with van der Waals surface area (Å²) in [6.45, 7) is 0.757. The molecule has 3 rings (SSSR count). The molecule has 0 aliphatic heterocycles. The average molecular weight is 227 g/mol. The second-order valence-electron chi connectivity index (χ2n) is 3.88. The van der Waals surface area contributed by atoms with Gasteiger partial charge in [-0.25, -0.2) is 9.97 Å². The van der Waals surface area contributed by atoms with Gasteiger partial charge < -0.3 is 10.3 Å². The Hall–Kier alpha value is -2.14. The van der Waals surface area contributed by atoms with E-state index < -0.39 is 0 Å². The minimum Gasteiger partial charge on any atom is -0.323 e. The van der Waals surface area contributed by atoms with E-state index in [9.17, 15) is 0 Å². The highest BCUT2D eigenvalue weighted by Crippen LogP contribution is 2.13. The molecule has 2 aromatic heterocycles. The number of H-pyrrole nitrogens is 1. The minimum atomic E-state index is 0.757. The summed E-state index contributed by atoms with van der Waals surface area (Å²) in [5.74, 6) is 0.793. The first-order valence-electron chi connectivity index (χ1n) is 5.49. The first kappa shape index (κ1) is 10.0. The number of aromatic nitrogens is 4. The van der Waals surface area contributed by atoms with E-state index >= 15 is 0 Å². The van der Waals surface area contributed by atoms with E-state index in [1.54, 1.807) is 6.33 Å². The van der Waals surface area contributed by atoms with E-state index in [2.05, 4.69) is 20.3 Å². The summed E-state index contributed by atoms with van der Waals surface area (Å²) in [4.78, 5) is 12.1. The number of nitrogens with one attached hydrogen (secondary N) is 2. The van der Waals surface area contributed by atoms with Gasteiger partial charge in [-0.3, -0.25) is 4.57 Å². The third-order valence-corrected chi connectivity index (χ3v) is 2.62. The molecular weight excluding hydrogens is 214 g/mol. The Morgan fingerprint density at radius 3 is 3.06 bits per heavy atom. The lowest BCUT2D eigenvalue weighted by molar-refractivity contribution is 0.796. The van der Waals surface area contributed by atoms with Crippen molar-refractivity contribution in [3.63, 3.8) is 0 Å². The van der Waals surface area contributed by atoms with Gasteiger partial charge in [-0.1, -0.05) is 12.1 Å². The molecule has 0 aliphatic carbocycles. The topological polar surface area (TPSA) is 58.5 Å². The first-order valence-corrected chi connectivity index (χ1v) is 5.49. The van der Waals surface area contributed by atoms with Crippen LogP contribution in [0.4, 0.5) is 0 Å². The fraction of sp³-hybridized carbons (Fsp3) is 0.167. The van der Waals surface area contributed by atoms with Gasteiger partial charge >= 0.3 is 0 Å². The molecule has 0 radical (unpaired) electrons. The number of benzene rings is 1. The molecule has 2 heterocycles. The SMILES string of the molecule is CNCc1cn(-c2nc3ccccc3[nH]2)cn1. The zero-order valence-electron chi connectivity index (χ0n) is 9.51. The van der Waals surface area contributed by atoms with Crippen molar-refractivity contribution in [2.24, 2.45) is 0 Å². The molecule has 1 aromatic carbocycles. The van der Waals surface area contributed by atoms with E-state index in [4.69, 9.17) is 0 Å². The van der Waals surface area contributed by atoms with Gasteiger partial charge in [0.2, 0.25) is 5.95 Å². The van der Waals surface area contributed by atoms with Crippen LogP contribution >= 0.6 is 0 Å². The molecule has 17 heavy (non-hydrogen) atoms. The summed E-state index contributed by atoms with van der Waals surface area (Å²) in [5, 5.41) is 3.07. The van der Waals surface area contributed by atoms with Gasteiger partial charge in [0.25, 0.3) is 0 Å². The van der Waals surface area contributed by atoms with Crippen molar-refractivity contribution < 1.29 is 0 Å². The van der Waals surface area contributed by atoms with Crippen molar-refractivity contribution in [2.75, 3.05) is 7.05 Å². The summed E-state index contributed by atoms with van der Waals surface area (Å²) in [6.07, 6.45) is 3.73. The molecule has 86 valence electrons. The monoisotopic (exact) mass is 227 g/mol. The molecule has 5 heteroatoms. The maximum atomic E-state index is 4.50. The van der Waals surface area contributed by atoms with Crippen LogP contribution < -0.4 is 5.32 Å². The number of hydrogen-bond donors (Lipinski definition) is 2. The maximum absolute atomic E-state index is 4.50. The Morgan fingerprint density at radius 1 is 1.35 bits per heavy atom. The number of rotatable bonds is 3. The van der Waals surface area contributed by atoms with Crippen LogP contribution in [0.3, 0.4) is 0 Å². The van der Waals surface area contributed by atoms with Crippen molar-refractivity contribution in [3.8, 4) is 5.95 Å². The van der Waals surface area contributed by atoms with Crippen molar-refractivity contribution in [1.82, 2.24) is 24.8 Å². The molecule has 0 amide bonds. The van der Waals surface area contributed by atoms with Gasteiger partial charge in [0.1, 0.15) is 6.33 Å². The van der Waals surface area contributed by atoms with Crippen LogP contribution in [0.25, 0.3) is 17.0 Å². The van der Waals surface area contributed by atoms with Gasteiger partial charge in [-0.2, -0.15) is 0 Å².